The molecule has 1 amide bonds. The minimum Gasteiger partial charge on any atom is -0.350 e. The van der Waals surface area contributed by atoms with Crippen LogP contribution in [0.3, 0.4) is 0 Å². The molecule has 0 fully saturated rings. The highest BCUT2D eigenvalue weighted by Crippen LogP contribution is 2.15. The van der Waals surface area contributed by atoms with Crippen molar-refractivity contribution in [1.82, 2.24) is 24.9 Å². The molecule has 2 rings (SSSR count). The van der Waals surface area contributed by atoms with Crippen molar-refractivity contribution < 1.29 is 4.79 Å². The summed E-state index contributed by atoms with van der Waals surface area (Å²) < 4.78 is 4.43. The summed E-state index contributed by atoms with van der Waals surface area (Å²) >= 11 is 3.35. The van der Waals surface area contributed by atoms with Crippen molar-refractivity contribution in [3.8, 4) is 0 Å². The molecule has 0 spiro atoms. The lowest BCUT2D eigenvalue weighted by Gasteiger charge is -2.15. The highest BCUT2D eigenvalue weighted by molar-refractivity contribution is 9.10. The maximum absolute atomic E-state index is 12.3. The third kappa shape index (κ3) is 3.72. The van der Waals surface area contributed by atoms with Crippen molar-refractivity contribution in [3.63, 3.8) is 0 Å². The van der Waals surface area contributed by atoms with E-state index in [0.29, 0.717) is 13.0 Å². The smallest absolute Gasteiger partial charge is 0.245 e. The Balaban J connectivity index is 2.01. The lowest BCUT2D eigenvalue weighted by Crippen LogP contribution is -2.32. The quantitative estimate of drug-likeness (QED) is 0.867. The van der Waals surface area contributed by atoms with E-state index < -0.39 is 0 Å². The number of carbonyl (C=O) groups is 1. The number of carbonyl (C=O) groups excluding carboxylic acids is 1. The van der Waals surface area contributed by atoms with Crippen LogP contribution in [0.15, 0.2) is 23.1 Å². The molecular formula is C14H20BrN5O. The molecule has 1 N–H and O–H groups in total. The van der Waals surface area contributed by atoms with Crippen LogP contribution in [-0.2, 0) is 17.9 Å². The predicted molar refractivity (Wildman–Crippen MR) is 83.7 cm³/mol. The normalized spacial score (nSPS) is 12.4. The highest BCUT2D eigenvalue weighted by atomic mass is 79.9. The first-order chi connectivity index (χ1) is 10.0. The van der Waals surface area contributed by atoms with Gasteiger partial charge in [-0.05, 0) is 36.2 Å². The molecule has 0 aliphatic heterocycles. The van der Waals surface area contributed by atoms with E-state index in [9.17, 15) is 4.79 Å². The molecule has 21 heavy (non-hydrogen) atoms. The summed E-state index contributed by atoms with van der Waals surface area (Å²) in [6.07, 6.45) is 6.16. The summed E-state index contributed by atoms with van der Waals surface area (Å²) in [5, 5.41) is 11.5. The second kappa shape index (κ2) is 6.89. The van der Waals surface area contributed by atoms with Crippen molar-refractivity contribution in [2.45, 2.75) is 46.3 Å². The fourth-order valence-corrected chi connectivity index (χ4v) is 2.47. The maximum atomic E-state index is 12.3. The third-order valence-electron chi connectivity index (χ3n) is 3.40. The van der Waals surface area contributed by atoms with Crippen LogP contribution in [0.4, 0.5) is 0 Å². The zero-order valence-corrected chi connectivity index (χ0v) is 14.1. The van der Waals surface area contributed by atoms with Crippen LogP contribution < -0.4 is 5.32 Å². The summed E-state index contributed by atoms with van der Waals surface area (Å²) in [5.74, 6) is -0.0308. The summed E-state index contributed by atoms with van der Waals surface area (Å²) in [7, 11) is 0. The number of nitrogens with one attached hydrogen (secondary N) is 1. The molecule has 2 heterocycles. The molecule has 114 valence electrons. The van der Waals surface area contributed by atoms with E-state index in [1.807, 2.05) is 37.8 Å². The minimum atomic E-state index is -0.294. The fraction of sp³-hybridized carbons (Fsp3) is 0.500. The van der Waals surface area contributed by atoms with Gasteiger partial charge in [-0.3, -0.25) is 14.2 Å². The Hall–Kier alpha value is -1.63. The van der Waals surface area contributed by atoms with Gasteiger partial charge < -0.3 is 5.32 Å². The summed E-state index contributed by atoms with van der Waals surface area (Å²) in [4.78, 5) is 12.3. The number of rotatable bonds is 6. The first-order valence-electron chi connectivity index (χ1n) is 7.05. The van der Waals surface area contributed by atoms with Gasteiger partial charge in [-0.1, -0.05) is 6.92 Å². The van der Waals surface area contributed by atoms with E-state index in [1.54, 1.807) is 10.9 Å². The number of aryl methyl sites for hydroxylation is 2. The average Bonchev–Trinajstić information content (AvgIpc) is 3.04. The van der Waals surface area contributed by atoms with Gasteiger partial charge in [-0.15, -0.1) is 0 Å². The average molecular weight is 354 g/mol. The molecule has 0 saturated carbocycles. The molecule has 2 aromatic rings. The van der Waals surface area contributed by atoms with Crippen LogP contribution in [0, 0.1) is 6.92 Å². The van der Waals surface area contributed by atoms with E-state index >= 15 is 0 Å². The Morgan fingerprint density at radius 3 is 2.71 bits per heavy atom. The summed E-state index contributed by atoms with van der Waals surface area (Å²) in [6.45, 7) is 7.28. The zero-order valence-electron chi connectivity index (χ0n) is 12.5. The predicted octanol–water partition coefficient (Wildman–Crippen LogP) is 2.44. The van der Waals surface area contributed by atoms with E-state index in [4.69, 9.17) is 0 Å². The van der Waals surface area contributed by atoms with Gasteiger partial charge in [-0.2, -0.15) is 10.2 Å². The Labute approximate surface area is 132 Å². The molecule has 1 unspecified atom stereocenters. The molecule has 1 atom stereocenters. The first-order valence-corrected chi connectivity index (χ1v) is 7.84. The lowest BCUT2D eigenvalue weighted by molar-refractivity contribution is -0.124. The van der Waals surface area contributed by atoms with E-state index in [2.05, 4.69) is 31.4 Å². The Morgan fingerprint density at radius 1 is 1.43 bits per heavy atom. The minimum absolute atomic E-state index is 0.0308. The lowest BCUT2D eigenvalue weighted by atomic mass is 10.2. The number of halogens is 1. The van der Waals surface area contributed by atoms with Crippen LogP contribution in [0.2, 0.25) is 0 Å². The second-order valence-corrected chi connectivity index (χ2v) is 5.79. The number of aromatic nitrogens is 4. The van der Waals surface area contributed by atoms with Gasteiger partial charge in [-0.25, -0.2) is 0 Å². The van der Waals surface area contributed by atoms with Crippen LogP contribution in [0.25, 0.3) is 0 Å². The topological polar surface area (TPSA) is 64.7 Å². The summed E-state index contributed by atoms with van der Waals surface area (Å²) in [5.41, 5.74) is 1.99. The van der Waals surface area contributed by atoms with E-state index in [1.165, 1.54) is 0 Å². The summed E-state index contributed by atoms with van der Waals surface area (Å²) in [6, 6.07) is -0.294. The number of nitrogens with zero attached hydrogens (tertiary/aromatic N) is 4. The standard InChI is InChI=1S/C14H20BrN5O/c1-4-13(20-9-12(15)7-17-20)14(21)16-6-11-8-19(5-2)18-10(11)3/h7-9,13H,4-6H2,1-3H3,(H,16,21). The molecule has 0 aromatic carbocycles. The Bertz CT molecular complexity index is 619. The van der Waals surface area contributed by atoms with Crippen molar-refractivity contribution in [1.29, 1.82) is 0 Å². The third-order valence-corrected chi connectivity index (χ3v) is 3.81. The van der Waals surface area contributed by atoms with Crippen molar-refractivity contribution in [2.75, 3.05) is 0 Å². The van der Waals surface area contributed by atoms with E-state index in [0.717, 1.165) is 22.3 Å². The molecule has 2 aromatic heterocycles. The zero-order chi connectivity index (χ0) is 15.4. The van der Waals surface area contributed by atoms with Gasteiger partial charge >= 0.3 is 0 Å². The molecule has 0 aliphatic carbocycles. The van der Waals surface area contributed by atoms with Gasteiger partial charge in [0.2, 0.25) is 5.91 Å². The van der Waals surface area contributed by atoms with Crippen LogP contribution in [0.1, 0.15) is 37.6 Å². The molecule has 0 aliphatic rings. The molecular weight excluding hydrogens is 334 g/mol. The monoisotopic (exact) mass is 353 g/mol. The Kier molecular flexibility index (Phi) is 5.17. The molecule has 6 nitrogen and oxygen atoms in total. The van der Waals surface area contributed by atoms with Crippen LogP contribution in [0.5, 0.6) is 0 Å². The number of hydrogen-bond donors (Lipinski definition) is 1. The van der Waals surface area contributed by atoms with Crippen molar-refractivity contribution >= 4 is 21.8 Å². The molecule has 0 bridgehead atoms. The van der Waals surface area contributed by atoms with Gasteiger partial charge in [0.15, 0.2) is 0 Å². The van der Waals surface area contributed by atoms with E-state index in [-0.39, 0.29) is 11.9 Å². The van der Waals surface area contributed by atoms with Crippen molar-refractivity contribution in [3.05, 3.63) is 34.3 Å². The molecule has 0 radical (unpaired) electrons. The fourth-order valence-electron chi connectivity index (χ4n) is 2.17. The van der Waals surface area contributed by atoms with Gasteiger partial charge in [0.05, 0.1) is 16.4 Å². The molecule has 0 saturated heterocycles. The largest absolute Gasteiger partial charge is 0.350 e. The maximum Gasteiger partial charge on any atom is 0.245 e. The van der Waals surface area contributed by atoms with Crippen LogP contribution in [-0.4, -0.2) is 25.5 Å². The second-order valence-electron chi connectivity index (χ2n) is 4.88. The number of amides is 1. The highest BCUT2D eigenvalue weighted by Gasteiger charge is 2.19. The van der Waals surface area contributed by atoms with Crippen LogP contribution >= 0.6 is 15.9 Å². The molecule has 7 heteroatoms. The first kappa shape index (κ1) is 15.8. The van der Waals surface area contributed by atoms with Crippen molar-refractivity contribution in [2.24, 2.45) is 0 Å². The SMILES string of the molecule is CCC(C(=O)NCc1cn(CC)nc1C)n1cc(Br)cn1. The van der Waals surface area contributed by atoms with Gasteiger partial charge in [0, 0.05) is 31.0 Å². The van der Waals surface area contributed by atoms with Gasteiger partial charge in [0.25, 0.3) is 0 Å². The Morgan fingerprint density at radius 2 is 2.19 bits per heavy atom. The number of hydrogen-bond acceptors (Lipinski definition) is 3. The van der Waals surface area contributed by atoms with Gasteiger partial charge in [0.1, 0.15) is 6.04 Å².